The number of nitrogens with zero attached hydrogens (tertiary/aromatic N) is 3. The fourth-order valence-electron chi connectivity index (χ4n) is 1.90. The Bertz CT molecular complexity index is 727. The van der Waals surface area contributed by atoms with Crippen LogP contribution in [0.15, 0.2) is 41.5 Å². The predicted molar refractivity (Wildman–Crippen MR) is 63.8 cm³/mol. The van der Waals surface area contributed by atoms with Gasteiger partial charge >= 0.3 is 5.69 Å². The number of aromatic nitrogens is 4. The second-order valence-electron chi connectivity index (χ2n) is 3.79. The molecular formula is C12H10N4O. The first-order valence-electron chi connectivity index (χ1n) is 5.25. The van der Waals surface area contributed by atoms with Crippen LogP contribution in [0.2, 0.25) is 0 Å². The van der Waals surface area contributed by atoms with Crippen molar-refractivity contribution in [3.8, 4) is 11.3 Å². The first-order chi connectivity index (χ1) is 8.27. The van der Waals surface area contributed by atoms with Gasteiger partial charge in [-0.05, 0) is 25.1 Å². The molecule has 0 aromatic carbocycles. The maximum atomic E-state index is 11.4. The van der Waals surface area contributed by atoms with Gasteiger partial charge in [0.2, 0.25) is 0 Å². The van der Waals surface area contributed by atoms with Gasteiger partial charge in [0.15, 0.2) is 5.65 Å². The number of aromatic amines is 1. The molecule has 3 heterocycles. The van der Waals surface area contributed by atoms with Crippen LogP contribution in [0.3, 0.4) is 0 Å². The molecule has 0 bridgehead atoms. The molecule has 0 aliphatic rings. The van der Waals surface area contributed by atoms with E-state index in [0.29, 0.717) is 5.65 Å². The zero-order chi connectivity index (χ0) is 11.8. The Hall–Kier alpha value is -2.43. The van der Waals surface area contributed by atoms with Gasteiger partial charge in [-0.2, -0.15) is 5.10 Å². The van der Waals surface area contributed by atoms with Crippen molar-refractivity contribution in [1.82, 2.24) is 19.6 Å². The van der Waals surface area contributed by atoms with Crippen LogP contribution >= 0.6 is 0 Å². The maximum Gasteiger partial charge on any atom is 0.347 e. The Labute approximate surface area is 96.8 Å². The molecule has 5 nitrogen and oxygen atoms in total. The highest BCUT2D eigenvalue weighted by Gasteiger charge is 2.09. The summed E-state index contributed by atoms with van der Waals surface area (Å²) in [5.41, 5.74) is 3.21. The van der Waals surface area contributed by atoms with E-state index < -0.39 is 0 Å². The Morgan fingerprint density at radius 3 is 2.94 bits per heavy atom. The van der Waals surface area contributed by atoms with Crippen LogP contribution in [0.1, 0.15) is 5.56 Å². The summed E-state index contributed by atoms with van der Waals surface area (Å²) in [7, 11) is 0. The summed E-state index contributed by atoms with van der Waals surface area (Å²) in [6.07, 6.45) is 3.45. The molecular weight excluding hydrogens is 216 g/mol. The van der Waals surface area contributed by atoms with Crippen molar-refractivity contribution in [1.29, 1.82) is 0 Å². The van der Waals surface area contributed by atoms with E-state index in [1.54, 1.807) is 12.4 Å². The molecule has 0 radical (unpaired) electrons. The second kappa shape index (κ2) is 3.55. The van der Waals surface area contributed by atoms with Gasteiger partial charge in [0, 0.05) is 23.5 Å². The summed E-state index contributed by atoms with van der Waals surface area (Å²) < 4.78 is 1.49. The van der Waals surface area contributed by atoms with Crippen LogP contribution in [-0.4, -0.2) is 19.6 Å². The molecule has 0 saturated heterocycles. The Morgan fingerprint density at radius 2 is 2.18 bits per heavy atom. The molecule has 0 fully saturated rings. The summed E-state index contributed by atoms with van der Waals surface area (Å²) in [4.78, 5) is 15.7. The highest BCUT2D eigenvalue weighted by atomic mass is 16.1. The fourth-order valence-corrected chi connectivity index (χ4v) is 1.90. The lowest BCUT2D eigenvalue weighted by atomic mass is 10.1. The van der Waals surface area contributed by atoms with Gasteiger partial charge in [-0.25, -0.2) is 9.89 Å². The molecule has 0 aliphatic heterocycles. The van der Waals surface area contributed by atoms with Crippen LogP contribution in [0.25, 0.3) is 16.9 Å². The SMILES string of the molecule is Cc1c(-c2ccccn2)ccn2c(=O)[nH]nc12. The van der Waals surface area contributed by atoms with E-state index in [9.17, 15) is 4.79 Å². The van der Waals surface area contributed by atoms with Gasteiger partial charge in [-0.1, -0.05) is 6.07 Å². The molecule has 5 heteroatoms. The van der Waals surface area contributed by atoms with Crippen molar-refractivity contribution in [3.05, 3.63) is 52.7 Å². The van der Waals surface area contributed by atoms with Crippen LogP contribution in [-0.2, 0) is 0 Å². The van der Waals surface area contributed by atoms with E-state index in [1.807, 2.05) is 31.2 Å². The molecule has 0 aliphatic carbocycles. The lowest BCUT2D eigenvalue weighted by Crippen LogP contribution is -2.09. The Kier molecular flexibility index (Phi) is 2.04. The normalized spacial score (nSPS) is 10.9. The number of fused-ring (bicyclic) bond motifs is 1. The molecule has 0 spiro atoms. The third-order valence-corrected chi connectivity index (χ3v) is 2.77. The average Bonchev–Trinajstić information content (AvgIpc) is 2.74. The smallest absolute Gasteiger partial charge is 0.256 e. The molecule has 1 N–H and O–H groups in total. The van der Waals surface area contributed by atoms with Gasteiger partial charge in [0.05, 0.1) is 5.69 Å². The first-order valence-corrected chi connectivity index (χ1v) is 5.25. The van der Waals surface area contributed by atoms with E-state index in [0.717, 1.165) is 16.8 Å². The van der Waals surface area contributed by atoms with Gasteiger partial charge in [-0.15, -0.1) is 0 Å². The number of pyridine rings is 2. The van der Waals surface area contributed by atoms with Crippen LogP contribution in [0.4, 0.5) is 0 Å². The molecule has 0 atom stereocenters. The van der Waals surface area contributed by atoms with Gasteiger partial charge in [-0.3, -0.25) is 9.38 Å². The molecule has 0 saturated carbocycles. The predicted octanol–water partition coefficient (Wildman–Crippen LogP) is 1.39. The minimum absolute atomic E-state index is 0.226. The summed E-state index contributed by atoms with van der Waals surface area (Å²) >= 11 is 0. The van der Waals surface area contributed by atoms with Gasteiger partial charge < -0.3 is 0 Å². The highest BCUT2D eigenvalue weighted by molar-refractivity contribution is 5.69. The first kappa shape index (κ1) is 9.77. The summed E-state index contributed by atoms with van der Waals surface area (Å²) in [6.45, 7) is 1.93. The minimum atomic E-state index is -0.226. The van der Waals surface area contributed by atoms with Crippen molar-refractivity contribution >= 4 is 5.65 Å². The van der Waals surface area contributed by atoms with Crippen LogP contribution in [0.5, 0.6) is 0 Å². The van der Waals surface area contributed by atoms with Gasteiger partial charge in [0.1, 0.15) is 0 Å². The highest BCUT2D eigenvalue weighted by Crippen LogP contribution is 2.22. The van der Waals surface area contributed by atoms with Crippen LogP contribution in [0, 0.1) is 6.92 Å². The van der Waals surface area contributed by atoms with Crippen LogP contribution < -0.4 is 5.69 Å². The van der Waals surface area contributed by atoms with Crippen molar-refractivity contribution in [2.24, 2.45) is 0 Å². The maximum absolute atomic E-state index is 11.4. The van der Waals surface area contributed by atoms with Crippen molar-refractivity contribution in [2.75, 3.05) is 0 Å². The van der Waals surface area contributed by atoms with Crippen molar-refractivity contribution < 1.29 is 0 Å². The summed E-state index contributed by atoms with van der Waals surface area (Å²) in [5.74, 6) is 0. The summed E-state index contributed by atoms with van der Waals surface area (Å²) in [6, 6.07) is 7.62. The van der Waals surface area contributed by atoms with E-state index in [-0.39, 0.29) is 5.69 Å². The summed E-state index contributed by atoms with van der Waals surface area (Å²) in [5, 5.41) is 6.43. The number of nitrogens with one attached hydrogen (secondary N) is 1. The van der Waals surface area contributed by atoms with Crippen molar-refractivity contribution in [3.63, 3.8) is 0 Å². The molecule has 3 rings (SSSR count). The average molecular weight is 226 g/mol. The molecule has 84 valence electrons. The van der Waals surface area contributed by atoms with E-state index in [4.69, 9.17) is 0 Å². The monoisotopic (exact) mass is 226 g/mol. The molecule has 17 heavy (non-hydrogen) atoms. The molecule has 3 aromatic rings. The lowest BCUT2D eigenvalue weighted by molar-refractivity contribution is 1.02. The second-order valence-corrected chi connectivity index (χ2v) is 3.79. The topological polar surface area (TPSA) is 63.1 Å². The number of aryl methyl sites for hydroxylation is 1. The Morgan fingerprint density at radius 1 is 1.29 bits per heavy atom. The van der Waals surface area contributed by atoms with E-state index >= 15 is 0 Å². The number of hydrogen-bond acceptors (Lipinski definition) is 3. The van der Waals surface area contributed by atoms with Crippen molar-refractivity contribution in [2.45, 2.75) is 6.92 Å². The minimum Gasteiger partial charge on any atom is -0.256 e. The zero-order valence-electron chi connectivity index (χ0n) is 9.21. The number of hydrogen-bond donors (Lipinski definition) is 1. The van der Waals surface area contributed by atoms with E-state index in [1.165, 1.54) is 4.40 Å². The quantitative estimate of drug-likeness (QED) is 0.682. The fraction of sp³-hybridized carbons (Fsp3) is 0.0833. The molecule has 3 aromatic heterocycles. The Balaban J connectivity index is 2.33. The third kappa shape index (κ3) is 1.44. The largest absolute Gasteiger partial charge is 0.347 e. The lowest BCUT2D eigenvalue weighted by Gasteiger charge is -2.05. The number of H-pyrrole nitrogens is 1. The standard InChI is InChI=1S/C12H10N4O/c1-8-9(10-4-2-3-6-13-10)5-7-16-11(8)14-15-12(16)17/h2-7H,1H3,(H,15,17). The number of rotatable bonds is 1. The molecule has 0 amide bonds. The molecule has 0 unspecified atom stereocenters. The van der Waals surface area contributed by atoms with E-state index in [2.05, 4.69) is 15.2 Å². The zero-order valence-corrected chi connectivity index (χ0v) is 9.21. The third-order valence-electron chi connectivity index (χ3n) is 2.77. The van der Waals surface area contributed by atoms with Gasteiger partial charge in [0.25, 0.3) is 0 Å².